The highest BCUT2D eigenvalue weighted by molar-refractivity contribution is 5.92. The van der Waals surface area contributed by atoms with E-state index in [4.69, 9.17) is 16.2 Å². The fraction of sp³-hybridized carbons (Fsp3) is 0.364. The monoisotopic (exact) mass is 224 g/mol. The number of rotatable bonds is 3. The summed E-state index contributed by atoms with van der Waals surface area (Å²) in [5.74, 6) is -1.09. The van der Waals surface area contributed by atoms with E-state index in [1.165, 1.54) is 12.1 Å². The molecule has 1 aliphatic rings. The van der Waals surface area contributed by atoms with Gasteiger partial charge >= 0.3 is 0 Å². The zero-order valence-electron chi connectivity index (χ0n) is 8.65. The zero-order valence-corrected chi connectivity index (χ0v) is 8.65. The average molecular weight is 224 g/mol. The van der Waals surface area contributed by atoms with Crippen LogP contribution in [-0.4, -0.2) is 18.1 Å². The summed E-state index contributed by atoms with van der Waals surface area (Å²) in [6.45, 7) is 0. The largest absolute Gasteiger partial charge is 0.487 e. The second-order valence-corrected chi connectivity index (χ2v) is 3.98. The first kappa shape index (κ1) is 10.9. The third-order valence-corrected chi connectivity index (χ3v) is 2.64. The number of nitrogens with two attached hydrogens (primary N) is 2. The van der Waals surface area contributed by atoms with Crippen molar-refractivity contribution in [2.24, 2.45) is 11.5 Å². The molecular weight excluding hydrogens is 211 g/mol. The van der Waals surface area contributed by atoms with Crippen molar-refractivity contribution in [3.63, 3.8) is 0 Å². The molecule has 86 valence electrons. The van der Waals surface area contributed by atoms with Gasteiger partial charge in [-0.2, -0.15) is 0 Å². The van der Waals surface area contributed by atoms with Crippen LogP contribution < -0.4 is 16.2 Å². The van der Waals surface area contributed by atoms with Gasteiger partial charge in [0, 0.05) is 11.6 Å². The molecule has 2 rings (SSSR count). The third kappa shape index (κ3) is 2.14. The van der Waals surface area contributed by atoms with Gasteiger partial charge in [-0.3, -0.25) is 4.79 Å². The van der Waals surface area contributed by atoms with Crippen LogP contribution in [-0.2, 0) is 0 Å². The molecule has 4 N–H and O–H groups in total. The van der Waals surface area contributed by atoms with E-state index in [0.29, 0.717) is 0 Å². The molecule has 0 heterocycles. The van der Waals surface area contributed by atoms with Gasteiger partial charge in [0.2, 0.25) is 5.91 Å². The summed E-state index contributed by atoms with van der Waals surface area (Å²) in [5, 5.41) is 0. The number of amides is 1. The topological polar surface area (TPSA) is 78.3 Å². The van der Waals surface area contributed by atoms with Crippen LogP contribution in [0.1, 0.15) is 23.2 Å². The van der Waals surface area contributed by atoms with Crippen molar-refractivity contribution in [3.05, 3.63) is 29.6 Å². The van der Waals surface area contributed by atoms with Crippen molar-refractivity contribution in [1.82, 2.24) is 0 Å². The van der Waals surface area contributed by atoms with Crippen LogP contribution in [0.25, 0.3) is 0 Å². The molecule has 0 saturated heterocycles. The Morgan fingerprint density at radius 1 is 1.44 bits per heavy atom. The minimum absolute atomic E-state index is 0.0241. The van der Waals surface area contributed by atoms with Gasteiger partial charge in [0.05, 0.1) is 0 Å². The highest BCUT2D eigenvalue weighted by Gasteiger charge is 2.28. The number of ether oxygens (including phenoxy) is 1. The van der Waals surface area contributed by atoms with Crippen LogP contribution in [0, 0.1) is 5.82 Å². The first-order valence-corrected chi connectivity index (χ1v) is 5.08. The minimum Gasteiger partial charge on any atom is -0.487 e. The van der Waals surface area contributed by atoms with E-state index in [2.05, 4.69) is 0 Å². The van der Waals surface area contributed by atoms with Crippen molar-refractivity contribution in [2.45, 2.75) is 25.0 Å². The highest BCUT2D eigenvalue weighted by atomic mass is 19.1. The van der Waals surface area contributed by atoms with Gasteiger partial charge in [0.15, 0.2) is 11.6 Å². The molecule has 0 aromatic heterocycles. The van der Waals surface area contributed by atoms with Crippen LogP contribution in [0.4, 0.5) is 4.39 Å². The first-order valence-electron chi connectivity index (χ1n) is 5.08. The maximum atomic E-state index is 13.5. The lowest BCUT2D eigenvalue weighted by Crippen LogP contribution is -2.43. The molecule has 0 unspecified atom stereocenters. The van der Waals surface area contributed by atoms with Crippen LogP contribution in [0.2, 0.25) is 0 Å². The molecule has 1 aromatic rings. The molecule has 0 atom stereocenters. The van der Waals surface area contributed by atoms with E-state index in [1.807, 2.05) is 0 Å². The number of primary amides is 1. The molecule has 1 aliphatic carbocycles. The maximum absolute atomic E-state index is 13.5. The van der Waals surface area contributed by atoms with Crippen molar-refractivity contribution in [3.8, 4) is 5.75 Å². The Hall–Kier alpha value is -1.62. The Kier molecular flexibility index (Phi) is 2.78. The Morgan fingerprint density at radius 3 is 2.62 bits per heavy atom. The Bertz CT molecular complexity index is 416. The molecule has 5 heteroatoms. The van der Waals surface area contributed by atoms with E-state index < -0.39 is 11.7 Å². The van der Waals surface area contributed by atoms with Gasteiger partial charge < -0.3 is 16.2 Å². The number of carbonyl (C=O) groups excluding carboxylic acids is 1. The Morgan fingerprint density at radius 2 is 2.12 bits per heavy atom. The molecule has 1 aromatic carbocycles. The Balaban J connectivity index is 2.07. The highest BCUT2D eigenvalue weighted by Crippen LogP contribution is 2.26. The minimum atomic E-state index is -0.656. The number of hydrogen-bond donors (Lipinski definition) is 2. The summed E-state index contributed by atoms with van der Waals surface area (Å²) >= 11 is 0. The number of benzene rings is 1. The fourth-order valence-corrected chi connectivity index (χ4v) is 1.63. The number of hydrogen-bond acceptors (Lipinski definition) is 3. The summed E-state index contributed by atoms with van der Waals surface area (Å²) < 4.78 is 18.8. The second-order valence-electron chi connectivity index (χ2n) is 3.98. The van der Waals surface area contributed by atoms with Crippen LogP contribution >= 0.6 is 0 Å². The number of carbonyl (C=O) groups is 1. The van der Waals surface area contributed by atoms with E-state index in [9.17, 15) is 9.18 Å². The quantitative estimate of drug-likeness (QED) is 0.796. The summed E-state index contributed by atoms with van der Waals surface area (Å²) in [5.41, 5.74) is 10.8. The van der Waals surface area contributed by atoms with E-state index >= 15 is 0 Å². The van der Waals surface area contributed by atoms with Gasteiger partial charge in [-0.15, -0.1) is 0 Å². The van der Waals surface area contributed by atoms with E-state index in [1.54, 1.807) is 0 Å². The Labute approximate surface area is 92.4 Å². The molecule has 1 fully saturated rings. The molecule has 4 nitrogen and oxygen atoms in total. The summed E-state index contributed by atoms with van der Waals surface area (Å²) in [6, 6.07) is 4.09. The van der Waals surface area contributed by atoms with Crippen LogP contribution in [0.3, 0.4) is 0 Å². The third-order valence-electron chi connectivity index (χ3n) is 2.64. The smallest absolute Gasteiger partial charge is 0.248 e. The standard InChI is InChI=1S/C11H13FN2O2/c12-9-3-6(11(14)15)1-2-10(9)16-8-4-7(13)5-8/h1-3,7-8H,4-5,13H2,(H2,14,15). The lowest BCUT2D eigenvalue weighted by molar-refractivity contribution is 0.0959. The molecule has 16 heavy (non-hydrogen) atoms. The molecule has 1 saturated carbocycles. The van der Waals surface area contributed by atoms with Crippen molar-refractivity contribution < 1.29 is 13.9 Å². The summed E-state index contributed by atoms with van der Waals surface area (Å²) in [6.07, 6.45) is 1.44. The van der Waals surface area contributed by atoms with Gasteiger partial charge in [0.1, 0.15) is 6.10 Å². The summed E-state index contributed by atoms with van der Waals surface area (Å²) in [7, 11) is 0. The molecule has 0 bridgehead atoms. The van der Waals surface area contributed by atoms with Crippen LogP contribution in [0.15, 0.2) is 18.2 Å². The molecular formula is C11H13FN2O2. The predicted molar refractivity (Wildman–Crippen MR) is 56.5 cm³/mol. The fourth-order valence-electron chi connectivity index (χ4n) is 1.63. The first-order chi connectivity index (χ1) is 7.56. The lowest BCUT2D eigenvalue weighted by Gasteiger charge is -2.32. The SMILES string of the molecule is NC(=O)c1ccc(OC2CC(N)C2)c(F)c1. The van der Waals surface area contributed by atoms with Crippen LogP contribution in [0.5, 0.6) is 5.75 Å². The molecule has 0 spiro atoms. The van der Waals surface area contributed by atoms with Crippen molar-refractivity contribution >= 4 is 5.91 Å². The molecule has 0 radical (unpaired) electrons. The average Bonchev–Trinajstić information content (AvgIpc) is 2.18. The molecule has 0 aliphatic heterocycles. The normalized spacial score (nSPS) is 23.6. The maximum Gasteiger partial charge on any atom is 0.248 e. The van der Waals surface area contributed by atoms with Crippen molar-refractivity contribution in [1.29, 1.82) is 0 Å². The van der Waals surface area contributed by atoms with Gasteiger partial charge in [-0.05, 0) is 31.0 Å². The van der Waals surface area contributed by atoms with E-state index in [-0.39, 0.29) is 23.5 Å². The predicted octanol–water partition coefficient (Wildman–Crippen LogP) is 0.793. The molecule has 1 amide bonds. The van der Waals surface area contributed by atoms with Gasteiger partial charge in [-0.25, -0.2) is 4.39 Å². The summed E-state index contributed by atoms with van der Waals surface area (Å²) in [4.78, 5) is 10.8. The van der Waals surface area contributed by atoms with Gasteiger partial charge in [-0.1, -0.05) is 0 Å². The van der Waals surface area contributed by atoms with Crippen molar-refractivity contribution in [2.75, 3.05) is 0 Å². The zero-order chi connectivity index (χ0) is 11.7. The second kappa shape index (κ2) is 4.09. The van der Waals surface area contributed by atoms with E-state index in [0.717, 1.165) is 18.9 Å². The lowest BCUT2D eigenvalue weighted by atomic mass is 9.90. The van der Waals surface area contributed by atoms with Gasteiger partial charge in [0.25, 0.3) is 0 Å². The number of halogens is 1.